The highest BCUT2D eigenvalue weighted by molar-refractivity contribution is 7.80. The second-order valence-electron chi connectivity index (χ2n) is 6.57. The largest absolute Gasteiger partial charge is 0.495 e. The van der Waals surface area contributed by atoms with Gasteiger partial charge in [-0.05, 0) is 48.6 Å². The lowest BCUT2D eigenvalue weighted by molar-refractivity contribution is -0.385. The molecule has 9 nitrogen and oxygen atoms in total. The van der Waals surface area contributed by atoms with Gasteiger partial charge in [-0.2, -0.15) is 0 Å². The van der Waals surface area contributed by atoms with Crippen molar-refractivity contribution in [3.05, 3.63) is 81.4 Å². The van der Waals surface area contributed by atoms with E-state index >= 15 is 0 Å². The molecule has 0 aromatic heterocycles. The lowest BCUT2D eigenvalue weighted by Crippen LogP contribution is -2.19. The van der Waals surface area contributed by atoms with Gasteiger partial charge in [-0.3, -0.25) is 14.9 Å². The van der Waals surface area contributed by atoms with Crippen LogP contribution >= 0.6 is 23.8 Å². The fraction of sp³-hybridized carbons (Fsp3) is 0.0909. The summed E-state index contributed by atoms with van der Waals surface area (Å²) >= 11 is 11.5. The highest BCUT2D eigenvalue weighted by Gasteiger charge is 2.19. The lowest BCUT2D eigenvalue weighted by atomic mass is 10.1. The van der Waals surface area contributed by atoms with Gasteiger partial charge in [0.15, 0.2) is 5.11 Å². The standard InChI is InChI=1S/C22H19ClN4O5S/c1-31-19-12-20(32-2)17(11-16(19)23)26-22(33)25-14-9-7-13(8-10-14)24-21(28)15-5-3-4-6-18(15)27(29)30/h3-12H,1-2H3,(H,24,28)(H2,25,26,33). The van der Waals surface area contributed by atoms with Gasteiger partial charge in [0, 0.05) is 23.5 Å². The summed E-state index contributed by atoms with van der Waals surface area (Å²) in [5.41, 5.74) is 1.37. The van der Waals surface area contributed by atoms with Crippen LogP contribution < -0.4 is 25.4 Å². The number of thiocarbonyl (C=S) groups is 1. The summed E-state index contributed by atoms with van der Waals surface area (Å²) in [6, 6.07) is 15.7. The first-order valence-electron chi connectivity index (χ1n) is 9.46. The molecule has 3 aromatic carbocycles. The van der Waals surface area contributed by atoms with Gasteiger partial charge in [0.05, 0.1) is 29.9 Å². The summed E-state index contributed by atoms with van der Waals surface area (Å²) < 4.78 is 10.5. The molecule has 1 amide bonds. The Morgan fingerprint density at radius 1 is 0.939 bits per heavy atom. The molecule has 0 radical (unpaired) electrons. The molecule has 0 saturated carbocycles. The van der Waals surface area contributed by atoms with Crippen molar-refractivity contribution >= 4 is 57.6 Å². The van der Waals surface area contributed by atoms with Crippen LogP contribution in [0.1, 0.15) is 10.4 Å². The number of nitrogens with one attached hydrogen (secondary N) is 3. The van der Waals surface area contributed by atoms with Crippen LogP contribution in [0.5, 0.6) is 11.5 Å². The molecular weight excluding hydrogens is 468 g/mol. The van der Waals surface area contributed by atoms with Crippen molar-refractivity contribution in [2.75, 3.05) is 30.2 Å². The van der Waals surface area contributed by atoms with Crippen LogP contribution in [0.25, 0.3) is 0 Å². The van der Waals surface area contributed by atoms with Crippen LogP contribution in [-0.4, -0.2) is 30.2 Å². The van der Waals surface area contributed by atoms with Crippen molar-refractivity contribution in [1.29, 1.82) is 0 Å². The van der Waals surface area contributed by atoms with E-state index in [0.29, 0.717) is 33.6 Å². The van der Waals surface area contributed by atoms with Crippen LogP contribution in [0, 0.1) is 10.1 Å². The second kappa shape index (κ2) is 10.6. The Bertz CT molecular complexity index is 1200. The maximum atomic E-state index is 12.4. The van der Waals surface area contributed by atoms with E-state index in [-0.39, 0.29) is 16.4 Å². The number of amides is 1. The molecule has 3 aromatic rings. The van der Waals surface area contributed by atoms with Gasteiger partial charge in [0.1, 0.15) is 17.1 Å². The average Bonchev–Trinajstić information content (AvgIpc) is 2.80. The average molecular weight is 487 g/mol. The van der Waals surface area contributed by atoms with E-state index in [0.717, 1.165) is 0 Å². The molecule has 0 spiro atoms. The second-order valence-corrected chi connectivity index (χ2v) is 7.39. The van der Waals surface area contributed by atoms with Gasteiger partial charge in [-0.25, -0.2) is 0 Å². The first-order valence-corrected chi connectivity index (χ1v) is 10.3. The molecule has 0 aliphatic heterocycles. The van der Waals surface area contributed by atoms with Crippen LogP contribution in [0.4, 0.5) is 22.7 Å². The van der Waals surface area contributed by atoms with E-state index in [1.807, 2.05) is 0 Å². The molecule has 0 aliphatic rings. The number of nitro benzene ring substituents is 1. The lowest BCUT2D eigenvalue weighted by Gasteiger charge is -2.15. The van der Waals surface area contributed by atoms with E-state index in [1.54, 1.807) is 42.5 Å². The Morgan fingerprint density at radius 3 is 2.15 bits per heavy atom. The normalized spacial score (nSPS) is 10.2. The molecular formula is C22H19ClN4O5S. The zero-order chi connectivity index (χ0) is 24.0. The minimum absolute atomic E-state index is 0.0258. The molecule has 170 valence electrons. The predicted octanol–water partition coefficient (Wildman–Crippen LogP) is 5.33. The zero-order valence-corrected chi connectivity index (χ0v) is 19.1. The van der Waals surface area contributed by atoms with Crippen LogP contribution in [0.15, 0.2) is 60.7 Å². The number of carbonyl (C=O) groups is 1. The number of benzene rings is 3. The van der Waals surface area contributed by atoms with Gasteiger partial charge in [-0.15, -0.1) is 0 Å². The Morgan fingerprint density at radius 2 is 1.55 bits per heavy atom. The van der Waals surface area contributed by atoms with Gasteiger partial charge >= 0.3 is 0 Å². The predicted molar refractivity (Wildman–Crippen MR) is 132 cm³/mol. The van der Waals surface area contributed by atoms with Crippen LogP contribution in [-0.2, 0) is 0 Å². The molecule has 3 N–H and O–H groups in total. The van der Waals surface area contributed by atoms with Crippen molar-refractivity contribution in [2.24, 2.45) is 0 Å². The number of carbonyl (C=O) groups excluding carboxylic acids is 1. The van der Waals surface area contributed by atoms with E-state index < -0.39 is 10.8 Å². The number of halogens is 1. The first kappa shape index (κ1) is 23.8. The van der Waals surface area contributed by atoms with Crippen molar-refractivity contribution < 1.29 is 19.2 Å². The molecule has 0 atom stereocenters. The highest BCUT2D eigenvalue weighted by atomic mass is 35.5. The SMILES string of the molecule is COc1cc(OC)c(NC(=S)Nc2ccc(NC(=O)c3ccccc3[N+](=O)[O-])cc2)cc1Cl. The van der Waals surface area contributed by atoms with Gasteiger partial charge in [0.2, 0.25) is 0 Å². The molecule has 0 aliphatic carbocycles. The summed E-state index contributed by atoms with van der Waals surface area (Å²) in [5, 5.41) is 20.5. The maximum Gasteiger partial charge on any atom is 0.282 e. The summed E-state index contributed by atoms with van der Waals surface area (Å²) in [5.74, 6) is 0.383. The highest BCUT2D eigenvalue weighted by Crippen LogP contribution is 2.36. The summed E-state index contributed by atoms with van der Waals surface area (Å²) in [7, 11) is 3.02. The Labute approximate surface area is 199 Å². The number of anilines is 3. The van der Waals surface area contributed by atoms with E-state index in [4.69, 9.17) is 33.3 Å². The molecule has 33 heavy (non-hydrogen) atoms. The number of methoxy groups -OCH3 is 2. The Hall–Kier alpha value is -3.89. The number of hydrogen-bond donors (Lipinski definition) is 3. The minimum Gasteiger partial charge on any atom is -0.495 e. The third-order valence-corrected chi connectivity index (χ3v) is 4.97. The number of hydrogen-bond acceptors (Lipinski definition) is 6. The van der Waals surface area contributed by atoms with Crippen LogP contribution in [0.3, 0.4) is 0 Å². The number of ether oxygens (including phenoxy) is 2. The van der Waals surface area contributed by atoms with E-state index in [1.165, 1.54) is 32.4 Å². The molecule has 0 bridgehead atoms. The molecule has 0 saturated heterocycles. The number of nitrogens with zero attached hydrogens (tertiary/aromatic N) is 1. The first-order chi connectivity index (χ1) is 15.8. The summed E-state index contributed by atoms with van der Waals surface area (Å²) in [4.78, 5) is 23.0. The fourth-order valence-electron chi connectivity index (χ4n) is 2.90. The van der Waals surface area contributed by atoms with Gasteiger partial charge in [0.25, 0.3) is 11.6 Å². The van der Waals surface area contributed by atoms with Crippen molar-refractivity contribution in [2.45, 2.75) is 0 Å². The van der Waals surface area contributed by atoms with Crippen molar-refractivity contribution in [3.63, 3.8) is 0 Å². The summed E-state index contributed by atoms with van der Waals surface area (Å²) in [6.45, 7) is 0. The van der Waals surface area contributed by atoms with Crippen molar-refractivity contribution in [3.8, 4) is 11.5 Å². The van der Waals surface area contributed by atoms with Gasteiger partial charge < -0.3 is 25.4 Å². The minimum atomic E-state index is -0.596. The van der Waals surface area contributed by atoms with Crippen molar-refractivity contribution in [1.82, 2.24) is 0 Å². The maximum absolute atomic E-state index is 12.4. The molecule has 11 heteroatoms. The van der Waals surface area contributed by atoms with E-state index in [9.17, 15) is 14.9 Å². The summed E-state index contributed by atoms with van der Waals surface area (Å²) in [6.07, 6.45) is 0. The number of rotatable bonds is 7. The van der Waals surface area contributed by atoms with Gasteiger partial charge in [-0.1, -0.05) is 23.7 Å². The zero-order valence-electron chi connectivity index (χ0n) is 17.5. The monoisotopic (exact) mass is 486 g/mol. The Kier molecular flexibility index (Phi) is 7.65. The molecule has 0 heterocycles. The third kappa shape index (κ3) is 5.88. The van der Waals surface area contributed by atoms with E-state index in [2.05, 4.69) is 16.0 Å². The number of para-hydroxylation sites is 1. The third-order valence-electron chi connectivity index (χ3n) is 4.47. The Balaban J connectivity index is 1.65. The molecule has 3 rings (SSSR count). The topological polar surface area (TPSA) is 115 Å². The fourth-order valence-corrected chi connectivity index (χ4v) is 3.37. The smallest absolute Gasteiger partial charge is 0.282 e. The molecule has 0 fully saturated rings. The van der Waals surface area contributed by atoms with Crippen LogP contribution in [0.2, 0.25) is 5.02 Å². The quantitative estimate of drug-likeness (QED) is 0.233. The number of nitro groups is 1. The molecule has 0 unspecified atom stereocenters.